The lowest BCUT2D eigenvalue weighted by Crippen LogP contribution is -2.23. The number of rotatable bonds is 4. The Labute approximate surface area is 139 Å². The van der Waals surface area contributed by atoms with Crippen LogP contribution >= 0.6 is 0 Å². The quantitative estimate of drug-likeness (QED) is 0.908. The Morgan fingerprint density at radius 3 is 2.50 bits per heavy atom. The molecular formula is C19H19N3O2. The van der Waals surface area contributed by atoms with Crippen molar-refractivity contribution in [2.75, 3.05) is 0 Å². The second kappa shape index (κ2) is 6.07. The maximum Gasteiger partial charge on any atom is 0.251 e. The summed E-state index contributed by atoms with van der Waals surface area (Å²) in [5.41, 5.74) is 3.54. The Balaban J connectivity index is 1.75. The van der Waals surface area contributed by atoms with Gasteiger partial charge in [0.2, 0.25) is 5.91 Å². The third-order valence-electron chi connectivity index (χ3n) is 4.64. The first-order valence-corrected chi connectivity index (χ1v) is 8.36. The van der Waals surface area contributed by atoms with Crippen LogP contribution in [-0.4, -0.2) is 21.9 Å². The summed E-state index contributed by atoms with van der Waals surface area (Å²) in [5, 5.41) is 2.96. The predicted octanol–water partition coefficient (Wildman–Crippen LogP) is 2.36. The molecule has 3 heterocycles. The summed E-state index contributed by atoms with van der Waals surface area (Å²) in [4.78, 5) is 30.9. The molecule has 2 aromatic heterocycles. The Hall–Kier alpha value is -2.69. The zero-order valence-corrected chi connectivity index (χ0v) is 13.3. The molecule has 5 heteroatoms. The highest BCUT2D eigenvalue weighted by atomic mass is 16.2. The van der Waals surface area contributed by atoms with Crippen molar-refractivity contribution in [3.05, 3.63) is 69.9 Å². The van der Waals surface area contributed by atoms with Crippen molar-refractivity contribution in [1.29, 1.82) is 0 Å². The van der Waals surface area contributed by atoms with E-state index < -0.39 is 0 Å². The largest absolute Gasteiger partial charge is 0.350 e. The van der Waals surface area contributed by atoms with Gasteiger partial charge in [-0.05, 0) is 48.9 Å². The Morgan fingerprint density at radius 2 is 1.88 bits per heavy atom. The van der Waals surface area contributed by atoms with Crippen molar-refractivity contribution in [3.8, 4) is 0 Å². The summed E-state index contributed by atoms with van der Waals surface area (Å²) in [6, 6.07) is 7.73. The average Bonchev–Trinajstić information content (AvgIpc) is 3.35. The maximum atomic E-state index is 12.4. The summed E-state index contributed by atoms with van der Waals surface area (Å²) in [7, 11) is 0. The van der Waals surface area contributed by atoms with Gasteiger partial charge in [0.1, 0.15) is 0 Å². The number of hydrogen-bond donors (Lipinski definition) is 2. The van der Waals surface area contributed by atoms with Gasteiger partial charge in [-0.3, -0.25) is 14.6 Å². The smallest absolute Gasteiger partial charge is 0.251 e. The molecular weight excluding hydrogens is 302 g/mol. The summed E-state index contributed by atoms with van der Waals surface area (Å²) in [6.07, 6.45) is 9.01. The molecule has 1 saturated carbocycles. The first-order valence-electron chi connectivity index (χ1n) is 8.36. The van der Waals surface area contributed by atoms with Crippen LogP contribution in [0, 0.1) is 0 Å². The SMILES string of the molecule is O=C1CC[C@H](C=C(c2ccncc2)c2ccc(C3CC3)c(=O)[nH]2)N1. The van der Waals surface area contributed by atoms with Gasteiger partial charge in [-0.15, -0.1) is 0 Å². The van der Waals surface area contributed by atoms with Gasteiger partial charge in [0.15, 0.2) is 0 Å². The van der Waals surface area contributed by atoms with Crippen LogP contribution in [0.2, 0.25) is 0 Å². The minimum Gasteiger partial charge on any atom is -0.350 e. The van der Waals surface area contributed by atoms with Crippen molar-refractivity contribution in [1.82, 2.24) is 15.3 Å². The lowest BCUT2D eigenvalue weighted by molar-refractivity contribution is -0.119. The number of hydrogen-bond acceptors (Lipinski definition) is 3. The van der Waals surface area contributed by atoms with E-state index in [0.717, 1.165) is 41.7 Å². The van der Waals surface area contributed by atoms with Gasteiger partial charge in [-0.25, -0.2) is 0 Å². The molecule has 4 rings (SSSR count). The Kier molecular flexibility index (Phi) is 3.76. The van der Waals surface area contributed by atoms with Crippen LogP contribution in [0.3, 0.4) is 0 Å². The van der Waals surface area contributed by atoms with E-state index in [1.54, 1.807) is 12.4 Å². The molecule has 1 amide bonds. The van der Waals surface area contributed by atoms with Crippen LogP contribution in [0.1, 0.15) is 48.4 Å². The first-order chi connectivity index (χ1) is 11.7. The molecule has 1 aliphatic carbocycles. The summed E-state index contributed by atoms with van der Waals surface area (Å²) < 4.78 is 0. The van der Waals surface area contributed by atoms with Gasteiger partial charge < -0.3 is 10.3 Å². The van der Waals surface area contributed by atoms with Crippen molar-refractivity contribution >= 4 is 11.5 Å². The van der Waals surface area contributed by atoms with Crippen LogP contribution < -0.4 is 10.9 Å². The van der Waals surface area contributed by atoms with Crippen LogP contribution in [0.25, 0.3) is 5.57 Å². The zero-order valence-electron chi connectivity index (χ0n) is 13.3. The van der Waals surface area contributed by atoms with Crippen LogP contribution in [0.15, 0.2) is 47.5 Å². The van der Waals surface area contributed by atoms with E-state index >= 15 is 0 Å². The molecule has 1 atom stereocenters. The van der Waals surface area contributed by atoms with Crippen molar-refractivity contribution in [2.45, 2.75) is 37.6 Å². The number of carbonyl (C=O) groups is 1. The van der Waals surface area contributed by atoms with Crippen LogP contribution in [-0.2, 0) is 4.79 Å². The molecule has 1 saturated heterocycles. The van der Waals surface area contributed by atoms with E-state index in [4.69, 9.17) is 0 Å². The third kappa shape index (κ3) is 3.02. The summed E-state index contributed by atoms with van der Waals surface area (Å²) >= 11 is 0. The number of aromatic amines is 1. The van der Waals surface area contributed by atoms with Crippen LogP contribution in [0.5, 0.6) is 0 Å². The molecule has 2 N–H and O–H groups in total. The molecule has 0 aromatic carbocycles. The molecule has 5 nitrogen and oxygen atoms in total. The number of nitrogens with zero attached hydrogens (tertiary/aromatic N) is 1. The molecule has 0 radical (unpaired) electrons. The molecule has 2 aromatic rings. The second-order valence-corrected chi connectivity index (χ2v) is 6.46. The number of nitrogens with one attached hydrogen (secondary N) is 2. The van der Waals surface area contributed by atoms with Gasteiger partial charge in [0.25, 0.3) is 5.56 Å². The average molecular weight is 321 g/mol. The second-order valence-electron chi connectivity index (χ2n) is 6.46. The minimum absolute atomic E-state index is 0.00715. The third-order valence-corrected chi connectivity index (χ3v) is 4.64. The Bertz CT molecular complexity index is 850. The van der Waals surface area contributed by atoms with Crippen molar-refractivity contribution < 1.29 is 4.79 Å². The number of pyridine rings is 2. The lowest BCUT2D eigenvalue weighted by atomic mass is 9.99. The fourth-order valence-corrected chi connectivity index (χ4v) is 3.19. The topological polar surface area (TPSA) is 74.8 Å². The van der Waals surface area contributed by atoms with Crippen LogP contribution in [0.4, 0.5) is 0 Å². The zero-order chi connectivity index (χ0) is 16.5. The molecule has 24 heavy (non-hydrogen) atoms. The molecule has 0 unspecified atom stereocenters. The number of H-pyrrole nitrogens is 1. The fourth-order valence-electron chi connectivity index (χ4n) is 3.19. The van der Waals surface area contributed by atoms with E-state index in [9.17, 15) is 9.59 Å². The summed E-state index contributed by atoms with van der Waals surface area (Å²) in [6.45, 7) is 0. The summed E-state index contributed by atoms with van der Waals surface area (Å²) in [5.74, 6) is 0.494. The van der Waals surface area contributed by atoms with E-state index in [0.29, 0.717) is 12.3 Å². The van der Waals surface area contributed by atoms with Gasteiger partial charge in [0, 0.05) is 41.7 Å². The molecule has 2 aliphatic rings. The molecule has 2 fully saturated rings. The van der Waals surface area contributed by atoms with E-state index in [2.05, 4.69) is 15.3 Å². The minimum atomic E-state index is -0.00888. The molecule has 122 valence electrons. The molecule has 0 bridgehead atoms. The normalized spacial score (nSPS) is 20.9. The Morgan fingerprint density at radius 1 is 1.08 bits per heavy atom. The van der Waals surface area contributed by atoms with Gasteiger partial charge >= 0.3 is 0 Å². The van der Waals surface area contributed by atoms with E-state index in [1.165, 1.54) is 0 Å². The highest BCUT2D eigenvalue weighted by Gasteiger charge is 2.26. The predicted molar refractivity (Wildman–Crippen MR) is 91.5 cm³/mol. The highest BCUT2D eigenvalue weighted by Crippen LogP contribution is 2.38. The van der Waals surface area contributed by atoms with Crippen molar-refractivity contribution in [3.63, 3.8) is 0 Å². The standard InChI is InChI=1S/C19H19N3O2/c23-18-6-3-14(21-18)11-16(13-7-9-20-10-8-13)17-5-4-15(12-1-2-12)19(24)22-17/h4-5,7-12,14H,1-3,6H2,(H,21,23)(H,22,24)/t14-/m1/s1. The maximum absolute atomic E-state index is 12.4. The van der Waals surface area contributed by atoms with Crippen molar-refractivity contribution in [2.24, 2.45) is 0 Å². The van der Waals surface area contributed by atoms with E-state index in [-0.39, 0.29) is 17.5 Å². The van der Waals surface area contributed by atoms with Gasteiger partial charge in [0.05, 0.1) is 0 Å². The lowest BCUT2D eigenvalue weighted by Gasteiger charge is -2.12. The number of carbonyl (C=O) groups excluding carboxylic acids is 1. The molecule has 1 aliphatic heterocycles. The number of aromatic nitrogens is 2. The number of amides is 1. The molecule has 0 spiro atoms. The monoisotopic (exact) mass is 321 g/mol. The van der Waals surface area contributed by atoms with Gasteiger partial charge in [-0.1, -0.05) is 12.1 Å². The van der Waals surface area contributed by atoms with Gasteiger partial charge in [-0.2, -0.15) is 0 Å². The first kappa shape index (κ1) is 14.9. The fraction of sp³-hybridized carbons (Fsp3) is 0.316. The highest BCUT2D eigenvalue weighted by molar-refractivity contribution is 5.82. The van der Waals surface area contributed by atoms with E-state index in [1.807, 2.05) is 30.3 Å².